The Balaban J connectivity index is 1.93. The highest BCUT2D eigenvalue weighted by Gasteiger charge is 2.10. The van der Waals surface area contributed by atoms with E-state index < -0.39 is 0 Å². The van der Waals surface area contributed by atoms with Crippen molar-refractivity contribution in [2.45, 2.75) is 32.2 Å². The van der Waals surface area contributed by atoms with Gasteiger partial charge >= 0.3 is 0 Å². The van der Waals surface area contributed by atoms with Crippen molar-refractivity contribution in [1.29, 1.82) is 0 Å². The van der Waals surface area contributed by atoms with Crippen LogP contribution in [0.5, 0.6) is 5.88 Å². The van der Waals surface area contributed by atoms with Gasteiger partial charge in [0.05, 0.1) is 7.11 Å². The van der Waals surface area contributed by atoms with Crippen LogP contribution < -0.4 is 10.1 Å². The fourth-order valence-electron chi connectivity index (χ4n) is 2.47. The van der Waals surface area contributed by atoms with Gasteiger partial charge in [-0.2, -0.15) is 5.10 Å². The third kappa shape index (κ3) is 4.56. The molecule has 1 N–H and O–H groups in total. The van der Waals surface area contributed by atoms with Crippen LogP contribution in [0.1, 0.15) is 24.6 Å². The molecule has 2 aromatic rings. The molecule has 5 heteroatoms. The minimum Gasteiger partial charge on any atom is -0.481 e. The van der Waals surface area contributed by atoms with E-state index in [0.29, 0.717) is 11.9 Å². The molecule has 0 aromatic carbocycles. The maximum absolute atomic E-state index is 5.09. The SMILES string of the molecule is CCNC(CCc1ccnn1C)Cc1ccc(OC)nc1. The van der Waals surface area contributed by atoms with E-state index in [1.54, 1.807) is 7.11 Å². The summed E-state index contributed by atoms with van der Waals surface area (Å²) in [6.07, 6.45) is 6.83. The van der Waals surface area contributed by atoms with Gasteiger partial charge in [-0.3, -0.25) is 4.68 Å². The first-order valence-electron chi connectivity index (χ1n) is 7.42. The standard InChI is InChI=1S/C16H24N4O/c1-4-17-14(6-7-15-9-10-19-20(15)2)11-13-5-8-16(21-3)18-12-13/h5,8-10,12,14,17H,4,6-7,11H2,1-3H3. The molecule has 0 fully saturated rings. The molecule has 0 aliphatic carbocycles. The van der Waals surface area contributed by atoms with Crippen molar-refractivity contribution in [3.05, 3.63) is 41.9 Å². The predicted octanol–water partition coefficient (Wildman–Crippen LogP) is 1.98. The van der Waals surface area contributed by atoms with Crippen molar-refractivity contribution in [2.75, 3.05) is 13.7 Å². The van der Waals surface area contributed by atoms with E-state index in [1.165, 1.54) is 11.3 Å². The Kier molecular flexibility index (Phi) is 5.75. The van der Waals surface area contributed by atoms with E-state index in [0.717, 1.165) is 25.8 Å². The van der Waals surface area contributed by atoms with Crippen LogP contribution in [0, 0.1) is 0 Å². The number of rotatable bonds is 8. The topological polar surface area (TPSA) is 52.0 Å². The Morgan fingerprint density at radius 3 is 2.76 bits per heavy atom. The van der Waals surface area contributed by atoms with Crippen molar-refractivity contribution >= 4 is 0 Å². The molecule has 5 nitrogen and oxygen atoms in total. The first-order valence-corrected chi connectivity index (χ1v) is 7.42. The van der Waals surface area contributed by atoms with Crippen molar-refractivity contribution in [2.24, 2.45) is 7.05 Å². The number of hydrogen-bond acceptors (Lipinski definition) is 4. The van der Waals surface area contributed by atoms with Gasteiger partial charge in [0.1, 0.15) is 0 Å². The van der Waals surface area contributed by atoms with E-state index in [2.05, 4.69) is 34.5 Å². The maximum atomic E-state index is 5.09. The van der Waals surface area contributed by atoms with Crippen LogP contribution in [0.2, 0.25) is 0 Å². The number of methoxy groups -OCH3 is 1. The molecule has 2 aromatic heterocycles. The lowest BCUT2D eigenvalue weighted by atomic mass is 10.0. The summed E-state index contributed by atoms with van der Waals surface area (Å²) in [5.74, 6) is 0.661. The Hall–Kier alpha value is -1.88. The third-order valence-corrected chi connectivity index (χ3v) is 3.65. The Morgan fingerprint density at radius 2 is 2.19 bits per heavy atom. The molecule has 0 amide bonds. The number of aryl methyl sites for hydroxylation is 2. The van der Waals surface area contributed by atoms with Crippen LogP contribution in [-0.4, -0.2) is 34.5 Å². The van der Waals surface area contributed by atoms with Crippen LogP contribution in [0.25, 0.3) is 0 Å². The zero-order valence-electron chi connectivity index (χ0n) is 13.0. The second-order valence-electron chi connectivity index (χ2n) is 5.15. The number of nitrogens with zero attached hydrogens (tertiary/aromatic N) is 3. The molecule has 21 heavy (non-hydrogen) atoms. The molecule has 2 rings (SSSR count). The van der Waals surface area contributed by atoms with Crippen molar-refractivity contribution in [3.8, 4) is 5.88 Å². The van der Waals surface area contributed by atoms with Crippen LogP contribution in [0.3, 0.4) is 0 Å². The Morgan fingerprint density at radius 1 is 1.33 bits per heavy atom. The summed E-state index contributed by atoms with van der Waals surface area (Å²) in [4.78, 5) is 4.27. The molecular weight excluding hydrogens is 264 g/mol. The fourth-order valence-corrected chi connectivity index (χ4v) is 2.47. The van der Waals surface area contributed by atoms with Gasteiger partial charge in [0.25, 0.3) is 0 Å². The molecule has 0 spiro atoms. The van der Waals surface area contributed by atoms with Gasteiger partial charge in [-0.25, -0.2) is 4.98 Å². The quantitative estimate of drug-likeness (QED) is 0.807. The number of pyridine rings is 1. The van der Waals surface area contributed by atoms with Crippen LogP contribution in [-0.2, 0) is 19.9 Å². The van der Waals surface area contributed by atoms with Gasteiger partial charge in [-0.05, 0) is 37.4 Å². The summed E-state index contributed by atoms with van der Waals surface area (Å²) in [5, 5.41) is 7.77. The first kappa shape index (κ1) is 15.5. The van der Waals surface area contributed by atoms with E-state index in [4.69, 9.17) is 4.74 Å². The zero-order valence-corrected chi connectivity index (χ0v) is 13.0. The molecule has 1 atom stereocenters. The van der Waals surface area contributed by atoms with Gasteiger partial charge in [0.15, 0.2) is 0 Å². The maximum Gasteiger partial charge on any atom is 0.212 e. The molecule has 0 aliphatic heterocycles. The lowest BCUT2D eigenvalue weighted by molar-refractivity contribution is 0.397. The molecule has 114 valence electrons. The van der Waals surface area contributed by atoms with Gasteiger partial charge in [0.2, 0.25) is 5.88 Å². The zero-order chi connectivity index (χ0) is 15.1. The minimum absolute atomic E-state index is 0.445. The van der Waals surface area contributed by atoms with Crippen molar-refractivity contribution < 1.29 is 4.74 Å². The first-order chi connectivity index (χ1) is 10.2. The summed E-state index contributed by atoms with van der Waals surface area (Å²) in [6.45, 7) is 3.11. The molecule has 1 unspecified atom stereocenters. The van der Waals surface area contributed by atoms with Crippen molar-refractivity contribution in [1.82, 2.24) is 20.1 Å². The molecule has 0 saturated heterocycles. The molecule has 0 saturated carbocycles. The number of ether oxygens (including phenoxy) is 1. The van der Waals surface area contributed by atoms with E-state index >= 15 is 0 Å². The average molecular weight is 288 g/mol. The van der Waals surface area contributed by atoms with Crippen molar-refractivity contribution in [3.63, 3.8) is 0 Å². The highest BCUT2D eigenvalue weighted by molar-refractivity contribution is 5.18. The van der Waals surface area contributed by atoms with E-state index in [1.807, 2.05) is 30.2 Å². The van der Waals surface area contributed by atoms with Gasteiger partial charge in [0, 0.05) is 37.2 Å². The predicted molar refractivity (Wildman–Crippen MR) is 83.5 cm³/mol. The minimum atomic E-state index is 0.445. The number of hydrogen-bond donors (Lipinski definition) is 1. The van der Waals surface area contributed by atoms with E-state index in [9.17, 15) is 0 Å². The number of aromatic nitrogens is 3. The number of nitrogens with one attached hydrogen (secondary N) is 1. The van der Waals surface area contributed by atoms with Gasteiger partial charge < -0.3 is 10.1 Å². The molecule has 0 aliphatic rings. The van der Waals surface area contributed by atoms with Crippen LogP contribution in [0.15, 0.2) is 30.6 Å². The third-order valence-electron chi connectivity index (χ3n) is 3.65. The lowest BCUT2D eigenvalue weighted by Gasteiger charge is -2.18. The molecule has 0 bridgehead atoms. The van der Waals surface area contributed by atoms with Gasteiger partial charge in [-0.1, -0.05) is 13.0 Å². The lowest BCUT2D eigenvalue weighted by Crippen LogP contribution is -2.31. The van der Waals surface area contributed by atoms with E-state index in [-0.39, 0.29) is 0 Å². The summed E-state index contributed by atoms with van der Waals surface area (Å²) in [7, 11) is 3.63. The molecular formula is C16H24N4O. The van der Waals surface area contributed by atoms with Crippen LogP contribution >= 0.6 is 0 Å². The summed E-state index contributed by atoms with van der Waals surface area (Å²) in [5.41, 5.74) is 2.50. The largest absolute Gasteiger partial charge is 0.481 e. The summed E-state index contributed by atoms with van der Waals surface area (Å²) >= 11 is 0. The highest BCUT2D eigenvalue weighted by atomic mass is 16.5. The van der Waals surface area contributed by atoms with Gasteiger partial charge in [-0.15, -0.1) is 0 Å². The normalized spacial score (nSPS) is 12.3. The molecule has 0 radical (unpaired) electrons. The second-order valence-corrected chi connectivity index (χ2v) is 5.15. The Labute approximate surface area is 126 Å². The summed E-state index contributed by atoms with van der Waals surface area (Å²) in [6, 6.07) is 6.53. The van der Waals surface area contributed by atoms with Crippen LogP contribution in [0.4, 0.5) is 0 Å². The Bertz CT molecular complexity index is 535. The summed E-state index contributed by atoms with van der Waals surface area (Å²) < 4.78 is 7.04. The fraction of sp³-hybridized carbons (Fsp3) is 0.500. The number of likely N-dealkylation sites (N-methyl/N-ethyl adjacent to an activating group) is 1. The monoisotopic (exact) mass is 288 g/mol. The average Bonchev–Trinajstić information content (AvgIpc) is 2.91. The highest BCUT2D eigenvalue weighted by Crippen LogP contribution is 2.12. The smallest absolute Gasteiger partial charge is 0.212 e. The second kappa shape index (κ2) is 7.78. The molecule has 2 heterocycles.